The first-order valence-electron chi connectivity index (χ1n) is 7.79. The number of hydrogen-bond acceptors (Lipinski definition) is 3. The quantitative estimate of drug-likeness (QED) is 0.592. The van der Waals surface area contributed by atoms with Gasteiger partial charge in [0.05, 0.1) is 0 Å². The Hall–Kier alpha value is -2.15. The summed E-state index contributed by atoms with van der Waals surface area (Å²) in [5, 5.41) is 15.9. The van der Waals surface area contributed by atoms with Gasteiger partial charge in [-0.2, -0.15) is 0 Å². The molecule has 136 valence electrons. The van der Waals surface area contributed by atoms with E-state index in [4.69, 9.17) is 0 Å². The van der Waals surface area contributed by atoms with E-state index in [2.05, 4.69) is 10.1 Å². The van der Waals surface area contributed by atoms with Crippen molar-refractivity contribution in [2.45, 2.75) is 22.8 Å². The molecular weight excluding hydrogens is 410 g/mol. The molecule has 0 aliphatic carbocycles. The van der Waals surface area contributed by atoms with Crippen molar-refractivity contribution in [3.05, 3.63) is 83.7 Å². The van der Waals surface area contributed by atoms with E-state index in [-0.39, 0.29) is 38.2 Å². The van der Waals surface area contributed by atoms with Crippen LogP contribution < -0.4 is 0 Å². The topological polar surface area (TPSA) is 50.9 Å². The van der Waals surface area contributed by atoms with E-state index in [1.54, 1.807) is 12.1 Å². The molecule has 0 saturated heterocycles. The molecule has 1 heterocycles. The molecular formula is C18H16F3N3OSe. The minimum atomic E-state index is -1.57. The van der Waals surface area contributed by atoms with Gasteiger partial charge in [0, 0.05) is 0 Å². The zero-order chi connectivity index (χ0) is 18.6. The Bertz CT molecular complexity index is 876. The molecule has 0 aliphatic heterocycles. The number of aliphatic hydroxyl groups is 1. The van der Waals surface area contributed by atoms with Crippen LogP contribution in [0.1, 0.15) is 11.1 Å². The van der Waals surface area contributed by atoms with Crippen molar-refractivity contribution in [3.8, 4) is 0 Å². The average molecular weight is 426 g/mol. The number of hydrogen-bond donors (Lipinski definition) is 1. The fraction of sp³-hybridized carbons (Fsp3) is 0.222. The fourth-order valence-corrected chi connectivity index (χ4v) is 4.93. The first-order valence-corrected chi connectivity index (χ1v) is 10.2. The van der Waals surface area contributed by atoms with Crippen molar-refractivity contribution < 1.29 is 18.3 Å². The van der Waals surface area contributed by atoms with Crippen LogP contribution in [0.4, 0.5) is 13.2 Å². The fourth-order valence-electron chi connectivity index (χ4n) is 2.62. The van der Waals surface area contributed by atoms with Crippen LogP contribution >= 0.6 is 0 Å². The molecule has 0 amide bonds. The number of rotatable bonds is 7. The molecule has 2 aromatic carbocycles. The maximum absolute atomic E-state index is 14.3. The van der Waals surface area contributed by atoms with Crippen LogP contribution in [0.2, 0.25) is 5.32 Å². The molecule has 0 spiro atoms. The summed E-state index contributed by atoms with van der Waals surface area (Å²) in [5.74, 6) is -1.84. The molecule has 1 unspecified atom stereocenters. The van der Waals surface area contributed by atoms with Gasteiger partial charge in [0.2, 0.25) is 0 Å². The molecule has 3 aromatic rings. The summed E-state index contributed by atoms with van der Waals surface area (Å²) >= 11 is -0.149. The van der Waals surface area contributed by atoms with Gasteiger partial charge in [-0.15, -0.1) is 0 Å². The maximum atomic E-state index is 14.3. The molecule has 8 heteroatoms. The second-order valence-electron chi connectivity index (χ2n) is 5.87. The van der Waals surface area contributed by atoms with Gasteiger partial charge in [0.25, 0.3) is 0 Å². The van der Waals surface area contributed by atoms with Crippen LogP contribution in [0.25, 0.3) is 0 Å². The molecule has 26 heavy (non-hydrogen) atoms. The Morgan fingerprint density at radius 1 is 1.08 bits per heavy atom. The molecule has 3 rings (SSSR count). The first-order chi connectivity index (χ1) is 12.5. The van der Waals surface area contributed by atoms with Crippen molar-refractivity contribution in [3.63, 3.8) is 0 Å². The van der Waals surface area contributed by atoms with Crippen molar-refractivity contribution >= 4 is 15.0 Å². The Morgan fingerprint density at radius 2 is 1.88 bits per heavy atom. The summed E-state index contributed by atoms with van der Waals surface area (Å²) < 4.78 is 42.2. The van der Waals surface area contributed by atoms with Gasteiger partial charge in [-0.3, -0.25) is 0 Å². The summed E-state index contributed by atoms with van der Waals surface area (Å²) in [5.41, 5.74) is -0.748. The number of aromatic nitrogens is 3. The predicted octanol–water partition coefficient (Wildman–Crippen LogP) is 2.91. The first kappa shape index (κ1) is 18.6. The SMILES string of the molecule is OC(C[Se]Cc1cccc(F)c1)(Cn1cncn1)c1ccc(F)cc1F. The summed E-state index contributed by atoms with van der Waals surface area (Å²) in [6, 6.07) is 9.36. The second-order valence-corrected chi connectivity index (χ2v) is 7.94. The van der Waals surface area contributed by atoms with Gasteiger partial charge < -0.3 is 0 Å². The molecule has 1 atom stereocenters. The Balaban J connectivity index is 1.80. The van der Waals surface area contributed by atoms with Gasteiger partial charge in [-0.05, 0) is 0 Å². The summed E-state index contributed by atoms with van der Waals surface area (Å²) in [4.78, 5) is 3.82. The zero-order valence-electron chi connectivity index (χ0n) is 13.6. The van der Waals surface area contributed by atoms with Gasteiger partial charge >= 0.3 is 154 Å². The van der Waals surface area contributed by atoms with E-state index in [1.807, 2.05) is 0 Å². The van der Waals surface area contributed by atoms with Crippen molar-refractivity contribution in [2.24, 2.45) is 0 Å². The molecule has 1 aromatic heterocycles. The van der Waals surface area contributed by atoms with E-state index in [1.165, 1.54) is 35.5 Å². The molecule has 0 saturated carbocycles. The van der Waals surface area contributed by atoms with E-state index in [9.17, 15) is 18.3 Å². The Morgan fingerprint density at radius 3 is 2.58 bits per heavy atom. The molecule has 0 bridgehead atoms. The van der Waals surface area contributed by atoms with E-state index < -0.39 is 17.2 Å². The molecule has 0 fully saturated rings. The minimum absolute atomic E-state index is 0.00974. The average Bonchev–Trinajstić information content (AvgIpc) is 3.07. The normalized spacial score (nSPS) is 13.5. The zero-order valence-corrected chi connectivity index (χ0v) is 15.4. The third kappa shape index (κ3) is 4.52. The van der Waals surface area contributed by atoms with Crippen LogP contribution in [-0.4, -0.2) is 34.8 Å². The third-order valence-electron chi connectivity index (χ3n) is 3.82. The summed E-state index contributed by atoms with van der Waals surface area (Å²) in [6.07, 6.45) is 2.74. The van der Waals surface area contributed by atoms with Gasteiger partial charge in [-0.1, -0.05) is 0 Å². The van der Waals surface area contributed by atoms with Gasteiger partial charge in [0.15, 0.2) is 0 Å². The monoisotopic (exact) mass is 427 g/mol. The molecule has 1 N–H and O–H groups in total. The Kier molecular flexibility index (Phi) is 5.76. The van der Waals surface area contributed by atoms with E-state index >= 15 is 0 Å². The molecule has 0 radical (unpaired) electrons. The Labute approximate surface area is 154 Å². The van der Waals surface area contributed by atoms with Crippen molar-refractivity contribution in [1.82, 2.24) is 14.8 Å². The third-order valence-corrected chi connectivity index (χ3v) is 6.38. The van der Waals surface area contributed by atoms with Crippen LogP contribution in [-0.2, 0) is 17.5 Å². The van der Waals surface area contributed by atoms with Crippen molar-refractivity contribution in [1.29, 1.82) is 0 Å². The number of nitrogens with zero attached hydrogens (tertiary/aromatic N) is 3. The predicted molar refractivity (Wildman–Crippen MR) is 90.9 cm³/mol. The van der Waals surface area contributed by atoms with Crippen LogP contribution in [0.3, 0.4) is 0 Å². The number of halogens is 3. The van der Waals surface area contributed by atoms with Crippen LogP contribution in [0, 0.1) is 17.5 Å². The standard InChI is InChI=1S/C18H16F3N3OSe/c19-14-3-1-2-13(6-14)8-26-10-18(25,9-24-12-22-11-23-24)16-5-4-15(20)7-17(16)21/h1-7,11-12,25H,8-10H2. The van der Waals surface area contributed by atoms with Crippen molar-refractivity contribution in [2.75, 3.05) is 0 Å². The van der Waals surface area contributed by atoms with Crippen LogP contribution in [0.15, 0.2) is 55.1 Å². The van der Waals surface area contributed by atoms with E-state index in [0.29, 0.717) is 5.32 Å². The van der Waals surface area contributed by atoms with Crippen LogP contribution in [0.5, 0.6) is 0 Å². The molecule has 0 aliphatic rings. The second kappa shape index (κ2) is 8.03. The van der Waals surface area contributed by atoms with Gasteiger partial charge in [0.1, 0.15) is 0 Å². The summed E-state index contributed by atoms with van der Waals surface area (Å²) in [6.45, 7) is -0.0134. The van der Waals surface area contributed by atoms with E-state index in [0.717, 1.165) is 17.7 Å². The summed E-state index contributed by atoms with van der Waals surface area (Å²) in [7, 11) is 0. The molecule has 4 nitrogen and oxygen atoms in total. The van der Waals surface area contributed by atoms with Gasteiger partial charge in [-0.25, -0.2) is 0 Å². The number of benzene rings is 2.